The minimum absolute atomic E-state index is 0. The van der Waals surface area contributed by atoms with E-state index in [1.54, 1.807) is 18.2 Å². The smallest absolute Gasteiger partial charge is 0.142 e. The van der Waals surface area contributed by atoms with Crippen molar-refractivity contribution in [2.45, 2.75) is 90.9 Å². The minimum atomic E-state index is -1.33. The lowest BCUT2D eigenvalue weighted by molar-refractivity contribution is -0.932. The van der Waals surface area contributed by atoms with Crippen molar-refractivity contribution in [2.75, 3.05) is 44.7 Å². The third-order valence-corrected chi connectivity index (χ3v) is 6.45. The quantitative estimate of drug-likeness (QED) is 0.212. The van der Waals surface area contributed by atoms with E-state index in [-0.39, 0.29) is 17.0 Å². The third-order valence-electron chi connectivity index (χ3n) is 6.45. The zero-order valence-electron chi connectivity index (χ0n) is 21.6. The Morgan fingerprint density at radius 3 is 2.18 bits per heavy atom. The summed E-state index contributed by atoms with van der Waals surface area (Å²) in [5, 5.41) is 21.9. The maximum Gasteiger partial charge on any atom is 0.142 e. The van der Waals surface area contributed by atoms with E-state index in [1.807, 2.05) is 6.07 Å². The second-order valence-electron chi connectivity index (χ2n) is 9.25. The average molecular weight is 546 g/mol. The molecule has 0 bridgehead atoms. The molecule has 2 rings (SSSR count). The van der Waals surface area contributed by atoms with Crippen LogP contribution in [-0.2, 0) is 0 Å². The molecule has 1 heterocycles. The van der Waals surface area contributed by atoms with Crippen LogP contribution < -0.4 is 15.2 Å². The second-order valence-corrected chi connectivity index (χ2v) is 9.25. The molecule has 7 heteroatoms. The fourth-order valence-corrected chi connectivity index (χ4v) is 4.52. The number of unbranched alkanes of at least 4 members (excludes halogenated alkanes) is 7. The van der Waals surface area contributed by atoms with Gasteiger partial charge in [-0.3, -0.25) is 0 Å². The molecule has 198 valence electrons. The SMILES string of the molecule is Br.CCCCCCCOc1ccccc1NC(=O)[O-].CCCCCC[N+]1(CCO)CCCCC1. The number of rotatable bonds is 15. The number of carbonyl (C=O) groups excluding carboxylic acids is 1. The zero-order chi connectivity index (χ0) is 24.2. The Hall–Kier alpha value is -1.31. The van der Waals surface area contributed by atoms with Gasteiger partial charge in [0.15, 0.2) is 0 Å². The molecule has 0 aliphatic carbocycles. The number of anilines is 1. The van der Waals surface area contributed by atoms with Crippen molar-refractivity contribution >= 4 is 28.8 Å². The van der Waals surface area contributed by atoms with Gasteiger partial charge in [-0.2, -0.15) is 0 Å². The normalized spacial score (nSPS) is 14.3. The van der Waals surface area contributed by atoms with Gasteiger partial charge in [0.25, 0.3) is 0 Å². The Labute approximate surface area is 218 Å². The number of carboxylic acid groups (broad SMARTS) is 1. The van der Waals surface area contributed by atoms with Gasteiger partial charge < -0.3 is 29.5 Å². The molecular weight excluding hydrogens is 496 g/mol. The number of piperidine rings is 1. The van der Waals surface area contributed by atoms with Gasteiger partial charge in [-0.25, -0.2) is 0 Å². The average Bonchev–Trinajstić information content (AvgIpc) is 2.81. The van der Waals surface area contributed by atoms with E-state index in [1.165, 1.54) is 88.3 Å². The Balaban J connectivity index is 0.000000632. The van der Waals surface area contributed by atoms with Crippen LogP contribution in [0.1, 0.15) is 90.9 Å². The van der Waals surface area contributed by atoms with Crippen molar-refractivity contribution < 1.29 is 24.2 Å². The largest absolute Gasteiger partial charge is 0.530 e. The number of nitrogens with zero attached hydrogens (tertiary/aromatic N) is 1. The van der Waals surface area contributed by atoms with Gasteiger partial charge in [-0.05, 0) is 50.7 Å². The number of ether oxygens (including phenoxy) is 1. The molecule has 1 aromatic carbocycles. The number of para-hydroxylation sites is 2. The molecule has 0 atom stereocenters. The Bertz CT molecular complexity index is 619. The number of halogens is 1. The van der Waals surface area contributed by atoms with Crippen LogP contribution >= 0.6 is 17.0 Å². The first kappa shape index (κ1) is 32.7. The molecular formula is C27H49BrN2O4. The first-order chi connectivity index (χ1) is 16.1. The fraction of sp³-hybridized carbons (Fsp3) is 0.741. The van der Waals surface area contributed by atoms with Crippen molar-refractivity contribution in [3.8, 4) is 5.75 Å². The van der Waals surface area contributed by atoms with E-state index < -0.39 is 6.09 Å². The van der Waals surface area contributed by atoms with Crippen molar-refractivity contribution in [1.82, 2.24) is 0 Å². The highest BCUT2D eigenvalue weighted by molar-refractivity contribution is 8.93. The van der Waals surface area contributed by atoms with E-state index in [2.05, 4.69) is 19.2 Å². The number of nitrogens with one attached hydrogen (secondary N) is 1. The summed E-state index contributed by atoms with van der Waals surface area (Å²) in [5.74, 6) is 0.553. The van der Waals surface area contributed by atoms with E-state index >= 15 is 0 Å². The molecule has 0 aromatic heterocycles. The lowest BCUT2D eigenvalue weighted by Crippen LogP contribution is -2.53. The van der Waals surface area contributed by atoms with Crippen LogP contribution in [0.4, 0.5) is 10.5 Å². The van der Waals surface area contributed by atoms with E-state index in [0.717, 1.165) is 19.4 Å². The molecule has 1 amide bonds. The summed E-state index contributed by atoms with van der Waals surface area (Å²) in [6.45, 7) is 10.3. The van der Waals surface area contributed by atoms with Gasteiger partial charge in [0, 0.05) is 0 Å². The van der Waals surface area contributed by atoms with E-state index in [9.17, 15) is 15.0 Å². The summed E-state index contributed by atoms with van der Waals surface area (Å²) >= 11 is 0. The van der Waals surface area contributed by atoms with Crippen molar-refractivity contribution in [3.05, 3.63) is 24.3 Å². The van der Waals surface area contributed by atoms with Crippen molar-refractivity contribution in [1.29, 1.82) is 0 Å². The molecule has 1 aliphatic heterocycles. The molecule has 34 heavy (non-hydrogen) atoms. The predicted octanol–water partition coefficient (Wildman–Crippen LogP) is 5.93. The molecule has 2 N–H and O–H groups in total. The van der Waals surface area contributed by atoms with Crippen LogP contribution in [0.3, 0.4) is 0 Å². The van der Waals surface area contributed by atoms with Crippen LogP contribution in [0, 0.1) is 0 Å². The summed E-state index contributed by atoms with van der Waals surface area (Å²) in [5.41, 5.74) is 0.436. The van der Waals surface area contributed by atoms with Crippen LogP contribution in [0.25, 0.3) is 0 Å². The van der Waals surface area contributed by atoms with Crippen LogP contribution in [0.2, 0.25) is 0 Å². The zero-order valence-corrected chi connectivity index (χ0v) is 23.3. The molecule has 0 radical (unpaired) electrons. The molecule has 1 fully saturated rings. The summed E-state index contributed by atoms with van der Waals surface area (Å²) in [7, 11) is 0. The Morgan fingerprint density at radius 1 is 0.941 bits per heavy atom. The predicted molar refractivity (Wildman–Crippen MR) is 145 cm³/mol. The third kappa shape index (κ3) is 14.8. The topological polar surface area (TPSA) is 81.6 Å². The van der Waals surface area contributed by atoms with Crippen molar-refractivity contribution in [2.24, 2.45) is 0 Å². The number of hydrogen-bond acceptors (Lipinski definition) is 4. The van der Waals surface area contributed by atoms with Gasteiger partial charge in [-0.1, -0.05) is 64.5 Å². The summed E-state index contributed by atoms with van der Waals surface area (Å²) in [6.07, 6.45) is 14.1. The fourth-order valence-electron chi connectivity index (χ4n) is 4.52. The minimum Gasteiger partial charge on any atom is -0.530 e. The maximum absolute atomic E-state index is 10.5. The van der Waals surface area contributed by atoms with Crippen LogP contribution in [0.5, 0.6) is 5.75 Å². The second kappa shape index (κ2) is 21.0. The molecule has 0 unspecified atom stereocenters. The molecule has 1 aliphatic rings. The lowest BCUT2D eigenvalue weighted by Gasteiger charge is -2.41. The number of carbonyl (C=O) groups is 1. The highest BCUT2D eigenvalue weighted by atomic mass is 79.9. The molecule has 6 nitrogen and oxygen atoms in total. The highest BCUT2D eigenvalue weighted by Crippen LogP contribution is 2.24. The number of aliphatic hydroxyl groups excluding tert-OH is 1. The standard InChI is InChI=1S/C14H21NO3.C13H28NO.BrH/c1-2-3-4-5-8-11-18-13-10-7-6-9-12(13)15-14(16)17;1-2-3-4-6-9-14(12-13-15)10-7-5-8-11-14;/h6-7,9-10,15H,2-5,8,11H2,1H3,(H,16,17);15H,2-13H2,1H3;1H/q;+1;/p-1. The number of benzene rings is 1. The highest BCUT2D eigenvalue weighted by Gasteiger charge is 2.28. The van der Waals surface area contributed by atoms with Crippen LogP contribution in [0.15, 0.2) is 24.3 Å². The number of quaternary nitrogens is 1. The number of amides is 1. The summed E-state index contributed by atoms with van der Waals surface area (Å²) < 4.78 is 6.77. The van der Waals surface area contributed by atoms with Crippen LogP contribution in [-0.4, -0.2) is 55.1 Å². The molecule has 1 saturated heterocycles. The lowest BCUT2D eigenvalue weighted by atomic mass is 10.1. The molecule has 1 aromatic rings. The number of hydrogen-bond donors (Lipinski definition) is 2. The number of aliphatic hydroxyl groups is 1. The molecule has 0 spiro atoms. The Kier molecular flexibility index (Phi) is 20.2. The first-order valence-corrected chi connectivity index (χ1v) is 13.2. The summed E-state index contributed by atoms with van der Waals surface area (Å²) in [4.78, 5) is 10.5. The summed E-state index contributed by atoms with van der Waals surface area (Å²) in [6, 6.07) is 6.96. The van der Waals surface area contributed by atoms with Gasteiger partial charge >= 0.3 is 0 Å². The monoisotopic (exact) mass is 544 g/mol. The van der Waals surface area contributed by atoms with E-state index in [0.29, 0.717) is 24.7 Å². The maximum atomic E-state index is 10.5. The Morgan fingerprint density at radius 2 is 1.56 bits per heavy atom. The van der Waals surface area contributed by atoms with E-state index in [4.69, 9.17) is 4.74 Å². The molecule has 0 saturated carbocycles. The van der Waals surface area contributed by atoms with Gasteiger partial charge in [-0.15, -0.1) is 17.0 Å². The van der Waals surface area contributed by atoms with Gasteiger partial charge in [0.2, 0.25) is 0 Å². The van der Waals surface area contributed by atoms with Gasteiger partial charge in [0.05, 0.1) is 38.5 Å². The van der Waals surface area contributed by atoms with Crippen molar-refractivity contribution in [3.63, 3.8) is 0 Å². The first-order valence-electron chi connectivity index (χ1n) is 13.2. The number of likely N-dealkylation sites (tertiary alicyclic amines) is 1. The van der Waals surface area contributed by atoms with Gasteiger partial charge in [0.1, 0.15) is 18.4 Å².